The zero-order chi connectivity index (χ0) is 12.4. The van der Waals surface area contributed by atoms with Gasteiger partial charge < -0.3 is 10.4 Å². The van der Waals surface area contributed by atoms with Crippen LogP contribution in [0.1, 0.15) is 41.5 Å². The molecule has 0 aromatic rings. The normalized spacial score (nSPS) is 14.5. The van der Waals surface area contributed by atoms with Crippen LogP contribution in [0.4, 0.5) is 0 Å². The van der Waals surface area contributed by atoms with Crippen molar-refractivity contribution in [3.63, 3.8) is 0 Å². The smallest absolute Gasteiger partial charge is 0.326 e. The molecule has 0 spiro atoms. The first kappa shape index (κ1) is 13.9. The van der Waals surface area contributed by atoms with Gasteiger partial charge in [0.15, 0.2) is 0 Å². The Labute approximate surface area is 91.1 Å². The minimum Gasteiger partial charge on any atom is -0.480 e. The molecule has 4 nitrogen and oxygen atoms in total. The summed E-state index contributed by atoms with van der Waals surface area (Å²) >= 11 is 0. The highest BCUT2D eigenvalue weighted by Crippen LogP contribution is 2.40. The molecule has 0 rings (SSSR count). The molecule has 0 aliphatic rings. The Morgan fingerprint density at radius 1 is 1.13 bits per heavy atom. The summed E-state index contributed by atoms with van der Waals surface area (Å²) in [7, 11) is 0. The average molecular weight is 215 g/mol. The molecule has 0 saturated carbocycles. The lowest BCUT2D eigenvalue weighted by molar-refractivity contribution is -0.147. The molecule has 0 saturated heterocycles. The SMILES string of the molecule is CC(=O)NC(C(=O)O)C(C)(C)C(C)(C)C. The maximum atomic E-state index is 11.1. The Bertz CT molecular complexity index is 263. The van der Waals surface area contributed by atoms with E-state index in [0.717, 1.165) is 0 Å². The molecule has 4 heteroatoms. The van der Waals surface area contributed by atoms with E-state index in [0.29, 0.717) is 0 Å². The number of carboxylic acids is 1. The van der Waals surface area contributed by atoms with Gasteiger partial charge in [-0.3, -0.25) is 4.79 Å². The highest BCUT2D eigenvalue weighted by Gasteiger charge is 2.44. The van der Waals surface area contributed by atoms with Crippen molar-refractivity contribution in [3.8, 4) is 0 Å². The van der Waals surface area contributed by atoms with E-state index in [2.05, 4.69) is 5.32 Å². The van der Waals surface area contributed by atoms with Gasteiger partial charge in [-0.25, -0.2) is 4.79 Å². The summed E-state index contributed by atoms with van der Waals surface area (Å²) in [5.41, 5.74) is -0.733. The summed E-state index contributed by atoms with van der Waals surface area (Å²) < 4.78 is 0. The predicted molar refractivity (Wildman–Crippen MR) is 58.5 cm³/mol. The summed E-state index contributed by atoms with van der Waals surface area (Å²) in [5, 5.41) is 11.6. The molecule has 1 unspecified atom stereocenters. The second-order valence-electron chi connectivity index (χ2n) is 5.44. The fourth-order valence-corrected chi connectivity index (χ4v) is 1.19. The van der Waals surface area contributed by atoms with Gasteiger partial charge in [-0.1, -0.05) is 34.6 Å². The number of aliphatic carboxylic acids is 1. The highest BCUT2D eigenvalue weighted by molar-refractivity contribution is 5.82. The van der Waals surface area contributed by atoms with Gasteiger partial charge in [0.05, 0.1) is 0 Å². The lowest BCUT2D eigenvalue weighted by atomic mass is 9.65. The first-order valence-corrected chi connectivity index (χ1v) is 5.00. The Kier molecular flexibility index (Phi) is 3.91. The van der Waals surface area contributed by atoms with Crippen molar-refractivity contribution in [1.29, 1.82) is 0 Å². The van der Waals surface area contributed by atoms with Gasteiger partial charge in [-0.05, 0) is 5.41 Å². The molecule has 88 valence electrons. The Morgan fingerprint density at radius 3 is 1.73 bits per heavy atom. The minimum absolute atomic E-state index is 0.210. The van der Waals surface area contributed by atoms with Crippen molar-refractivity contribution in [2.75, 3.05) is 0 Å². The third-order valence-corrected chi connectivity index (χ3v) is 3.25. The molecular weight excluding hydrogens is 194 g/mol. The van der Waals surface area contributed by atoms with E-state index < -0.39 is 17.4 Å². The zero-order valence-electron chi connectivity index (χ0n) is 10.3. The van der Waals surface area contributed by atoms with E-state index in [1.165, 1.54) is 6.92 Å². The van der Waals surface area contributed by atoms with Crippen LogP contribution in [0.25, 0.3) is 0 Å². The van der Waals surface area contributed by atoms with E-state index in [1.807, 2.05) is 34.6 Å². The van der Waals surface area contributed by atoms with E-state index in [9.17, 15) is 9.59 Å². The summed E-state index contributed by atoms with van der Waals surface area (Å²) in [6.45, 7) is 10.9. The predicted octanol–water partition coefficient (Wildman–Crippen LogP) is 1.65. The van der Waals surface area contributed by atoms with Crippen LogP contribution in [0.15, 0.2) is 0 Å². The van der Waals surface area contributed by atoms with E-state index >= 15 is 0 Å². The van der Waals surface area contributed by atoms with Gasteiger partial charge >= 0.3 is 5.97 Å². The van der Waals surface area contributed by atoms with E-state index in [4.69, 9.17) is 5.11 Å². The summed E-state index contributed by atoms with van der Waals surface area (Å²) in [6, 6.07) is -0.866. The lowest BCUT2D eigenvalue weighted by Crippen LogP contribution is -2.54. The quantitative estimate of drug-likeness (QED) is 0.752. The van der Waals surface area contributed by atoms with Crippen LogP contribution in [0.3, 0.4) is 0 Å². The van der Waals surface area contributed by atoms with Crippen LogP contribution in [-0.4, -0.2) is 23.0 Å². The topological polar surface area (TPSA) is 66.4 Å². The Morgan fingerprint density at radius 2 is 1.53 bits per heavy atom. The lowest BCUT2D eigenvalue weighted by Gasteiger charge is -2.43. The third-order valence-electron chi connectivity index (χ3n) is 3.25. The Balaban J connectivity index is 5.08. The van der Waals surface area contributed by atoms with Crippen LogP contribution < -0.4 is 5.32 Å². The maximum Gasteiger partial charge on any atom is 0.326 e. The molecule has 1 amide bonds. The standard InChI is InChI=1S/C11H21NO3/c1-7(13)12-8(9(14)15)11(5,6)10(2,3)4/h8H,1-6H3,(H,12,13)(H,14,15). The van der Waals surface area contributed by atoms with Crippen LogP contribution in [0.2, 0.25) is 0 Å². The van der Waals surface area contributed by atoms with E-state index in [1.54, 1.807) is 0 Å². The highest BCUT2D eigenvalue weighted by atomic mass is 16.4. The van der Waals surface area contributed by atoms with Crippen LogP contribution in [-0.2, 0) is 9.59 Å². The van der Waals surface area contributed by atoms with Gasteiger partial charge in [0.25, 0.3) is 0 Å². The van der Waals surface area contributed by atoms with Crippen LogP contribution in [0, 0.1) is 10.8 Å². The molecule has 0 aliphatic carbocycles. The maximum absolute atomic E-state index is 11.1. The molecule has 1 atom stereocenters. The van der Waals surface area contributed by atoms with Gasteiger partial charge in [0, 0.05) is 12.3 Å². The number of hydrogen-bond acceptors (Lipinski definition) is 2. The number of carboxylic acid groups (broad SMARTS) is 1. The van der Waals surface area contributed by atoms with Crippen LogP contribution in [0.5, 0.6) is 0 Å². The van der Waals surface area contributed by atoms with Gasteiger partial charge in [-0.2, -0.15) is 0 Å². The monoisotopic (exact) mass is 215 g/mol. The third kappa shape index (κ3) is 3.22. The minimum atomic E-state index is -0.995. The fraction of sp³-hybridized carbons (Fsp3) is 0.818. The molecule has 0 fully saturated rings. The second-order valence-corrected chi connectivity index (χ2v) is 5.44. The molecule has 0 aromatic heterocycles. The van der Waals surface area contributed by atoms with Crippen molar-refractivity contribution in [2.45, 2.75) is 47.6 Å². The number of hydrogen-bond donors (Lipinski definition) is 2. The van der Waals surface area contributed by atoms with Crippen molar-refractivity contribution in [2.24, 2.45) is 10.8 Å². The molecule has 0 bridgehead atoms. The molecule has 0 radical (unpaired) electrons. The van der Waals surface area contributed by atoms with Gasteiger partial charge in [-0.15, -0.1) is 0 Å². The van der Waals surface area contributed by atoms with Gasteiger partial charge in [0.1, 0.15) is 6.04 Å². The Hall–Kier alpha value is -1.06. The summed E-state index contributed by atoms with van der Waals surface area (Å²) in [6.07, 6.45) is 0. The number of carbonyl (C=O) groups is 2. The number of carbonyl (C=O) groups excluding carboxylic acids is 1. The number of nitrogens with one attached hydrogen (secondary N) is 1. The molecule has 0 aliphatic heterocycles. The van der Waals surface area contributed by atoms with Crippen molar-refractivity contribution in [3.05, 3.63) is 0 Å². The number of amides is 1. The van der Waals surface area contributed by atoms with Gasteiger partial charge in [0.2, 0.25) is 5.91 Å². The molecular formula is C11H21NO3. The molecule has 2 N–H and O–H groups in total. The first-order valence-electron chi connectivity index (χ1n) is 5.00. The average Bonchev–Trinajstić information content (AvgIpc) is 1.96. The largest absolute Gasteiger partial charge is 0.480 e. The summed E-state index contributed by atoms with van der Waals surface area (Å²) in [5.74, 6) is -1.31. The first-order chi connectivity index (χ1) is 6.50. The van der Waals surface area contributed by atoms with Crippen molar-refractivity contribution >= 4 is 11.9 Å². The zero-order valence-corrected chi connectivity index (χ0v) is 10.3. The molecule has 0 aromatic carbocycles. The number of rotatable bonds is 3. The van der Waals surface area contributed by atoms with Crippen molar-refractivity contribution < 1.29 is 14.7 Å². The summed E-state index contributed by atoms with van der Waals surface area (Å²) in [4.78, 5) is 22.1. The molecule has 0 heterocycles. The van der Waals surface area contributed by atoms with E-state index in [-0.39, 0.29) is 11.3 Å². The molecule has 15 heavy (non-hydrogen) atoms. The second kappa shape index (κ2) is 4.21. The fourth-order valence-electron chi connectivity index (χ4n) is 1.19. The van der Waals surface area contributed by atoms with Crippen LogP contribution >= 0.6 is 0 Å². The van der Waals surface area contributed by atoms with Crippen molar-refractivity contribution in [1.82, 2.24) is 5.32 Å².